The molecule has 1 fully saturated rings. The second-order valence-corrected chi connectivity index (χ2v) is 5.34. The Morgan fingerprint density at radius 2 is 2.20 bits per heavy atom. The lowest BCUT2D eigenvalue weighted by molar-refractivity contribution is 0.593. The predicted octanol–water partition coefficient (Wildman–Crippen LogP) is -0.179. The van der Waals surface area contributed by atoms with Crippen molar-refractivity contribution >= 4 is 15.8 Å². The van der Waals surface area contributed by atoms with Gasteiger partial charge in [0.25, 0.3) is 0 Å². The highest BCUT2D eigenvalue weighted by atomic mass is 32.2. The van der Waals surface area contributed by atoms with E-state index in [0.717, 1.165) is 0 Å². The standard InChI is InChI=1S/C9H13N3O2S/c13-15(14)8-6-10-5-7-12(15)9-3-1-2-4-11-9/h1-4,10H,5-8H2. The summed E-state index contributed by atoms with van der Waals surface area (Å²) in [5.74, 6) is 0.630. The van der Waals surface area contributed by atoms with Crippen LogP contribution in [0.4, 0.5) is 5.82 Å². The van der Waals surface area contributed by atoms with Crippen molar-refractivity contribution in [3.05, 3.63) is 24.4 Å². The highest BCUT2D eigenvalue weighted by Gasteiger charge is 2.24. The minimum Gasteiger partial charge on any atom is -0.314 e. The summed E-state index contributed by atoms with van der Waals surface area (Å²) in [6, 6.07) is 5.27. The van der Waals surface area contributed by atoms with Gasteiger partial charge < -0.3 is 5.32 Å². The smallest absolute Gasteiger partial charge is 0.237 e. The molecule has 0 atom stereocenters. The molecule has 1 N–H and O–H groups in total. The van der Waals surface area contributed by atoms with Gasteiger partial charge in [0.2, 0.25) is 10.0 Å². The molecule has 0 aromatic carbocycles. The highest BCUT2D eigenvalue weighted by molar-refractivity contribution is 7.92. The Bertz CT molecular complexity index is 418. The fourth-order valence-corrected chi connectivity index (χ4v) is 2.90. The molecule has 1 aromatic rings. The van der Waals surface area contributed by atoms with Gasteiger partial charge >= 0.3 is 0 Å². The second kappa shape index (κ2) is 4.16. The quantitative estimate of drug-likeness (QED) is 0.723. The minimum absolute atomic E-state index is 0.129. The van der Waals surface area contributed by atoms with E-state index in [2.05, 4.69) is 10.3 Å². The van der Waals surface area contributed by atoms with Crippen LogP contribution in [0.1, 0.15) is 0 Å². The van der Waals surface area contributed by atoms with E-state index >= 15 is 0 Å². The summed E-state index contributed by atoms with van der Waals surface area (Å²) in [5.41, 5.74) is 0. The van der Waals surface area contributed by atoms with E-state index in [9.17, 15) is 8.42 Å². The summed E-state index contributed by atoms with van der Waals surface area (Å²) in [6.45, 7) is 1.61. The molecule has 2 heterocycles. The Labute approximate surface area is 89.2 Å². The Kier molecular flexibility index (Phi) is 2.88. The van der Waals surface area contributed by atoms with Crippen molar-refractivity contribution in [3.63, 3.8) is 0 Å². The Morgan fingerprint density at radius 1 is 1.33 bits per heavy atom. The monoisotopic (exact) mass is 227 g/mol. The van der Waals surface area contributed by atoms with Crippen molar-refractivity contribution in [3.8, 4) is 0 Å². The van der Waals surface area contributed by atoms with Crippen molar-refractivity contribution in [2.75, 3.05) is 29.7 Å². The van der Waals surface area contributed by atoms with Crippen LogP contribution in [-0.4, -0.2) is 38.8 Å². The first-order valence-electron chi connectivity index (χ1n) is 4.82. The van der Waals surface area contributed by atoms with E-state index in [1.807, 2.05) is 0 Å². The van der Waals surface area contributed by atoms with Crippen LogP contribution in [0.5, 0.6) is 0 Å². The van der Waals surface area contributed by atoms with Gasteiger partial charge in [-0.2, -0.15) is 0 Å². The van der Waals surface area contributed by atoms with Crippen molar-refractivity contribution in [1.82, 2.24) is 10.3 Å². The lowest BCUT2D eigenvalue weighted by atomic mass is 10.4. The zero-order valence-electron chi connectivity index (χ0n) is 8.26. The van der Waals surface area contributed by atoms with Gasteiger partial charge in [-0.15, -0.1) is 0 Å². The summed E-state index contributed by atoms with van der Waals surface area (Å²) < 4.78 is 25.1. The molecule has 82 valence electrons. The molecule has 15 heavy (non-hydrogen) atoms. The van der Waals surface area contributed by atoms with E-state index in [4.69, 9.17) is 0 Å². The largest absolute Gasteiger partial charge is 0.314 e. The third-order valence-electron chi connectivity index (χ3n) is 2.27. The molecule has 6 heteroatoms. The van der Waals surface area contributed by atoms with Crippen molar-refractivity contribution in [2.45, 2.75) is 0 Å². The normalized spacial score (nSPS) is 20.9. The highest BCUT2D eigenvalue weighted by Crippen LogP contribution is 2.14. The van der Waals surface area contributed by atoms with Crippen LogP contribution in [0.15, 0.2) is 24.4 Å². The van der Waals surface area contributed by atoms with Crippen LogP contribution in [0, 0.1) is 0 Å². The van der Waals surface area contributed by atoms with Gasteiger partial charge in [-0.3, -0.25) is 4.31 Å². The molecule has 1 saturated heterocycles. The number of nitrogens with one attached hydrogen (secondary N) is 1. The molecule has 1 aliphatic rings. The van der Waals surface area contributed by atoms with Gasteiger partial charge in [0, 0.05) is 25.8 Å². The van der Waals surface area contributed by atoms with Gasteiger partial charge in [0.05, 0.1) is 5.75 Å². The molecule has 0 unspecified atom stereocenters. The maximum absolute atomic E-state index is 11.8. The van der Waals surface area contributed by atoms with Crippen LogP contribution in [-0.2, 0) is 10.0 Å². The van der Waals surface area contributed by atoms with Crippen molar-refractivity contribution in [1.29, 1.82) is 0 Å². The fraction of sp³-hybridized carbons (Fsp3) is 0.444. The molecule has 0 radical (unpaired) electrons. The minimum atomic E-state index is -3.20. The first-order valence-corrected chi connectivity index (χ1v) is 6.43. The van der Waals surface area contributed by atoms with E-state index in [1.165, 1.54) is 4.31 Å². The number of aromatic nitrogens is 1. The van der Waals surface area contributed by atoms with Crippen molar-refractivity contribution in [2.24, 2.45) is 0 Å². The first-order chi connectivity index (χ1) is 7.20. The molecule has 0 amide bonds. The SMILES string of the molecule is O=S1(=O)CCNCCN1c1ccccn1. The van der Waals surface area contributed by atoms with Crippen molar-refractivity contribution < 1.29 is 8.42 Å². The number of pyridine rings is 1. The van der Waals surface area contributed by atoms with E-state index < -0.39 is 10.0 Å². The van der Waals surface area contributed by atoms with Crippen LogP contribution < -0.4 is 9.62 Å². The zero-order valence-corrected chi connectivity index (χ0v) is 9.07. The maximum atomic E-state index is 11.8. The molecule has 0 aliphatic carbocycles. The molecular formula is C9H13N3O2S. The number of hydrogen-bond acceptors (Lipinski definition) is 4. The summed E-state index contributed by atoms with van der Waals surface area (Å²) in [6.07, 6.45) is 1.60. The van der Waals surface area contributed by atoms with Gasteiger partial charge in [-0.25, -0.2) is 13.4 Å². The molecular weight excluding hydrogens is 214 g/mol. The molecule has 0 saturated carbocycles. The lowest BCUT2D eigenvalue weighted by Gasteiger charge is -2.20. The van der Waals surface area contributed by atoms with E-state index in [1.54, 1.807) is 24.4 Å². The number of nitrogens with zero attached hydrogens (tertiary/aromatic N) is 2. The summed E-state index contributed by atoms with van der Waals surface area (Å²) in [7, 11) is -3.20. The average molecular weight is 227 g/mol. The number of anilines is 1. The van der Waals surface area contributed by atoms with Crippen LogP contribution >= 0.6 is 0 Å². The Balaban J connectivity index is 2.34. The molecule has 1 aromatic heterocycles. The fourth-order valence-electron chi connectivity index (χ4n) is 1.51. The molecule has 1 aliphatic heterocycles. The molecule has 5 nitrogen and oxygen atoms in total. The lowest BCUT2D eigenvalue weighted by Crippen LogP contribution is -2.34. The Morgan fingerprint density at radius 3 is 2.93 bits per heavy atom. The predicted molar refractivity (Wildman–Crippen MR) is 58.2 cm³/mol. The van der Waals surface area contributed by atoms with E-state index in [-0.39, 0.29) is 5.75 Å². The maximum Gasteiger partial charge on any atom is 0.237 e. The second-order valence-electron chi connectivity index (χ2n) is 3.33. The summed E-state index contributed by atoms with van der Waals surface area (Å²) >= 11 is 0. The topological polar surface area (TPSA) is 62.3 Å². The third kappa shape index (κ3) is 2.27. The van der Waals surface area contributed by atoms with Gasteiger partial charge in [0.15, 0.2) is 0 Å². The van der Waals surface area contributed by atoms with Crippen LogP contribution in [0.2, 0.25) is 0 Å². The van der Waals surface area contributed by atoms with E-state index in [0.29, 0.717) is 25.5 Å². The number of sulfonamides is 1. The molecule has 0 spiro atoms. The number of rotatable bonds is 1. The average Bonchev–Trinajstić information content (AvgIpc) is 2.40. The van der Waals surface area contributed by atoms with Crippen LogP contribution in [0.25, 0.3) is 0 Å². The Hall–Kier alpha value is -1.14. The molecule has 2 rings (SSSR count). The van der Waals surface area contributed by atoms with Gasteiger partial charge in [0.1, 0.15) is 5.82 Å². The summed E-state index contributed by atoms with van der Waals surface area (Å²) in [5, 5.41) is 3.05. The van der Waals surface area contributed by atoms with Crippen LogP contribution in [0.3, 0.4) is 0 Å². The third-order valence-corrected chi connectivity index (χ3v) is 4.03. The number of hydrogen-bond donors (Lipinski definition) is 1. The van der Waals surface area contributed by atoms with Gasteiger partial charge in [-0.1, -0.05) is 6.07 Å². The van der Waals surface area contributed by atoms with Gasteiger partial charge in [-0.05, 0) is 12.1 Å². The first kappa shape index (κ1) is 10.4. The molecule has 0 bridgehead atoms. The summed E-state index contributed by atoms with van der Waals surface area (Å²) in [4.78, 5) is 4.06. The zero-order chi connectivity index (χ0) is 10.7.